The normalized spacial score (nSPS) is 17.6. The summed E-state index contributed by atoms with van der Waals surface area (Å²) < 4.78 is 59.9. The number of halogens is 2. The monoisotopic (exact) mass is 537 g/mol. The van der Waals surface area contributed by atoms with Gasteiger partial charge in [0.2, 0.25) is 5.92 Å². The first-order valence-corrected chi connectivity index (χ1v) is 13.7. The van der Waals surface area contributed by atoms with Gasteiger partial charge in [-0.15, -0.1) is 11.8 Å². The third kappa shape index (κ3) is 5.49. The molecule has 0 spiro atoms. The highest BCUT2D eigenvalue weighted by Crippen LogP contribution is 2.46. The Balaban J connectivity index is 1.54. The molecule has 0 bridgehead atoms. The minimum atomic E-state index is -4.49. The molecule has 36 heavy (non-hydrogen) atoms. The molecule has 2 N–H and O–H groups in total. The van der Waals surface area contributed by atoms with E-state index in [1.807, 2.05) is 6.07 Å². The lowest BCUT2D eigenvalue weighted by molar-refractivity contribution is -0.0570. The van der Waals surface area contributed by atoms with Crippen LogP contribution in [0, 0.1) is 11.3 Å². The van der Waals surface area contributed by atoms with Gasteiger partial charge in [0, 0.05) is 30.1 Å². The molecule has 0 saturated carbocycles. The van der Waals surface area contributed by atoms with Crippen molar-refractivity contribution in [3.8, 4) is 6.07 Å². The van der Waals surface area contributed by atoms with E-state index < -0.39 is 34.0 Å². The summed E-state index contributed by atoms with van der Waals surface area (Å²) in [6.07, 6.45) is -0.170. The van der Waals surface area contributed by atoms with Gasteiger partial charge in [0.15, 0.2) is 0 Å². The zero-order chi connectivity index (χ0) is 26.3. The highest BCUT2D eigenvalue weighted by atomic mass is 32.2. The fraction of sp³-hybridized carbons (Fsp3) is 0.417. The first-order valence-electron chi connectivity index (χ1n) is 11.3. The molecule has 0 radical (unpaired) electrons. The molecule has 2 heterocycles. The van der Waals surface area contributed by atoms with Crippen LogP contribution in [0.4, 0.5) is 20.2 Å². The molecule has 2 aliphatic rings. The highest BCUT2D eigenvalue weighted by Gasteiger charge is 2.37. The Hall–Kier alpha value is -2.72. The maximum Gasteiger partial charge on any atom is 0.296 e. The molecule has 2 aliphatic heterocycles. The lowest BCUT2D eigenvalue weighted by atomic mass is 9.86. The van der Waals surface area contributed by atoms with Crippen molar-refractivity contribution in [2.24, 2.45) is 0 Å². The van der Waals surface area contributed by atoms with E-state index in [4.69, 9.17) is 0 Å². The number of hydrogen-bond acceptors (Lipinski definition) is 7. The largest absolute Gasteiger partial charge is 0.390 e. The maximum atomic E-state index is 13.2. The second kappa shape index (κ2) is 9.63. The number of fused-ring (bicyclic) bond motifs is 1. The molecule has 1 amide bonds. The molecular formula is C24H25F2N3O5S2. The number of carbonyl (C=O) groups is 1. The van der Waals surface area contributed by atoms with Crippen molar-refractivity contribution < 1.29 is 31.7 Å². The molecular weight excluding hydrogens is 512 g/mol. The van der Waals surface area contributed by atoms with Gasteiger partial charge in [0.05, 0.1) is 28.3 Å². The minimum absolute atomic E-state index is 0.0580. The first kappa shape index (κ1) is 26.3. The summed E-state index contributed by atoms with van der Waals surface area (Å²) in [6, 6.07) is 11.2. The average Bonchev–Trinajstić information content (AvgIpc) is 3.26. The highest BCUT2D eigenvalue weighted by molar-refractivity contribution is 8.00. The van der Waals surface area contributed by atoms with Gasteiger partial charge in [-0.25, -0.2) is 8.78 Å². The molecule has 2 aromatic carbocycles. The van der Waals surface area contributed by atoms with Crippen LogP contribution in [0.3, 0.4) is 0 Å². The van der Waals surface area contributed by atoms with Crippen molar-refractivity contribution >= 4 is 39.2 Å². The van der Waals surface area contributed by atoms with Gasteiger partial charge < -0.3 is 14.9 Å². The van der Waals surface area contributed by atoms with Gasteiger partial charge in [0.1, 0.15) is 11.0 Å². The number of piperidine rings is 1. The molecule has 0 aromatic heterocycles. The molecule has 0 unspecified atom stereocenters. The van der Waals surface area contributed by atoms with Crippen LogP contribution in [0.5, 0.6) is 0 Å². The Morgan fingerprint density at radius 3 is 2.56 bits per heavy atom. The summed E-state index contributed by atoms with van der Waals surface area (Å²) in [4.78, 5) is 16.7. The smallest absolute Gasteiger partial charge is 0.296 e. The molecule has 0 aliphatic carbocycles. The van der Waals surface area contributed by atoms with Crippen molar-refractivity contribution in [3.63, 3.8) is 0 Å². The third-order valence-electron chi connectivity index (χ3n) is 6.54. The van der Waals surface area contributed by atoms with Gasteiger partial charge >= 0.3 is 0 Å². The van der Waals surface area contributed by atoms with E-state index in [0.717, 1.165) is 6.92 Å². The lowest BCUT2D eigenvalue weighted by Crippen LogP contribution is -2.47. The van der Waals surface area contributed by atoms with Crippen LogP contribution in [-0.2, 0) is 10.1 Å². The van der Waals surface area contributed by atoms with Crippen LogP contribution in [0.1, 0.15) is 48.5 Å². The Morgan fingerprint density at radius 1 is 1.25 bits per heavy atom. The van der Waals surface area contributed by atoms with Gasteiger partial charge in [-0.05, 0) is 56.5 Å². The number of nitrogens with zero attached hydrogens (tertiary/aromatic N) is 3. The molecule has 1 fully saturated rings. The zero-order valence-corrected chi connectivity index (χ0v) is 21.1. The van der Waals surface area contributed by atoms with Crippen molar-refractivity contribution in [1.29, 1.82) is 5.26 Å². The number of hydrogen-bond donors (Lipinski definition) is 2. The molecule has 192 valence electrons. The molecule has 1 saturated heterocycles. The number of anilines is 2. The van der Waals surface area contributed by atoms with Crippen LogP contribution < -0.4 is 4.90 Å². The number of aliphatic hydroxyl groups is 1. The predicted molar refractivity (Wildman–Crippen MR) is 130 cm³/mol. The van der Waals surface area contributed by atoms with Crippen molar-refractivity contribution in [3.05, 3.63) is 47.5 Å². The van der Waals surface area contributed by atoms with Gasteiger partial charge in [0.25, 0.3) is 16.0 Å². The van der Waals surface area contributed by atoms with E-state index >= 15 is 0 Å². The maximum absolute atomic E-state index is 13.2. The standard InChI is InChI=1S/C24H25F2N3O5S2/c1-23(25,26)7-8-24(31)9-11-28(12-10-24)22(30)18-6-5-17(13-16(18)14-27)29-15-35-19-3-2-4-20(21(19)29)36(32,33)34/h2-6,13,31H,7-12,15H2,1H3,(H,32,33,34). The number of alkyl halides is 2. The lowest BCUT2D eigenvalue weighted by Gasteiger charge is -2.38. The number of rotatable bonds is 6. The van der Waals surface area contributed by atoms with E-state index in [-0.39, 0.29) is 48.4 Å². The second-order valence-corrected chi connectivity index (χ2v) is 11.6. The summed E-state index contributed by atoms with van der Waals surface area (Å²) in [6.45, 7) is 1.15. The van der Waals surface area contributed by atoms with E-state index in [9.17, 15) is 36.9 Å². The minimum Gasteiger partial charge on any atom is -0.390 e. The number of benzene rings is 2. The Morgan fingerprint density at radius 2 is 1.94 bits per heavy atom. The molecule has 0 atom stereocenters. The third-order valence-corrected chi connectivity index (χ3v) is 8.45. The molecule has 2 aromatic rings. The van der Waals surface area contributed by atoms with E-state index in [1.165, 1.54) is 40.9 Å². The number of likely N-dealkylation sites (tertiary alicyclic amines) is 1. The van der Waals surface area contributed by atoms with Gasteiger partial charge in [-0.1, -0.05) is 6.07 Å². The van der Waals surface area contributed by atoms with Gasteiger partial charge in [-0.2, -0.15) is 13.7 Å². The fourth-order valence-electron chi connectivity index (χ4n) is 4.47. The Labute approximate surface area is 212 Å². The zero-order valence-electron chi connectivity index (χ0n) is 19.4. The fourth-order valence-corrected chi connectivity index (χ4v) is 6.33. The summed E-state index contributed by atoms with van der Waals surface area (Å²) in [5, 5.41) is 20.4. The van der Waals surface area contributed by atoms with Crippen LogP contribution in [0.15, 0.2) is 46.2 Å². The van der Waals surface area contributed by atoms with Crippen molar-refractivity contribution in [2.75, 3.05) is 23.9 Å². The van der Waals surface area contributed by atoms with E-state index in [2.05, 4.69) is 0 Å². The van der Waals surface area contributed by atoms with E-state index in [1.54, 1.807) is 17.0 Å². The van der Waals surface area contributed by atoms with Crippen LogP contribution in [-0.4, -0.2) is 59.4 Å². The molecule has 12 heteroatoms. The second-order valence-electron chi connectivity index (χ2n) is 9.21. The number of carbonyl (C=O) groups excluding carboxylic acids is 1. The summed E-state index contributed by atoms with van der Waals surface area (Å²) in [5.41, 5.74) is -0.225. The Kier molecular flexibility index (Phi) is 7.04. The molecule has 4 rings (SSSR count). The van der Waals surface area contributed by atoms with E-state index in [0.29, 0.717) is 22.1 Å². The summed E-state index contributed by atoms with van der Waals surface area (Å²) in [5.74, 6) is -2.93. The average molecular weight is 538 g/mol. The van der Waals surface area contributed by atoms with Crippen LogP contribution in [0.25, 0.3) is 0 Å². The first-order chi connectivity index (χ1) is 16.8. The van der Waals surface area contributed by atoms with Crippen LogP contribution >= 0.6 is 11.8 Å². The summed E-state index contributed by atoms with van der Waals surface area (Å²) >= 11 is 1.37. The molecule has 8 nitrogen and oxygen atoms in total. The van der Waals surface area contributed by atoms with Crippen molar-refractivity contribution in [1.82, 2.24) is 4.90 Å². The predicted octanol–water partition coefficient (Wildman–Crippen LogP) is 4.41. The number of amides is 1. The number of nitriles is 1. The quantitative estimate of drug-likeness (QED) is 0.520. The Bertz CT molecular complexity index is 1330. The SMILES string of the molecule is CC(F)(F)CCC1(O)CCN(C(=O)c2ccc(N3CSc4cccc(S(=O)(=O)O)c43)cc2C#N)CC1. The number of para-hydroxylation sites is 1. The van der Waals surface area contributed by atoms with Gasteiger partial charge in [-0.3, -0.25) is 9.35 Å². The topological polar surface area (TPSA) is 122 Å². The number of thioether (sulfide) groups is 1. The van der Waals surface area contributed by atoms with Crippen molar-refractivity contribution in [2.45, 2.75) is 53.9 Å². The van der Waals surface area contributed by atoms with Crippen LogP contribution in [0.2, 0.25) is 0 Å². The summed E-state index contributed by atoms with van der Waals surface area (Å²) in [7, 11) is -4.49.